The van der Waals surface area contributed by atoms with Gasteiger partial charge in [-0.15, -0.1) is 0 Å². The van der Waals surface area contributed by atoms with Crippen molar-refractivity contribution < 1.29 is 29.0 Å². The molecule has 5 N–H and O–H groups in total. The number of unbranched alkanes of at least 4 members (excludes halogenated alkanes) is 1. The highest BCUT2D eigenvalue weighted by molar-refractivity contribution is 6.00. The molecule has 0 aliphatic rings. The molecule has 9 heteroatoms. The van der Waals surface area contributed by atoms with Crippen LogP contribution in [0.3, 0.4) is 0 Å². The summed E-state index contributed by atoms with van der Waals surface area (Å²) in [6.07, 6.45) is 0.249. The van der Waals surface area contributed by atoms with Crippen LogP contribution in [0.1, 0.15) is 40.0 Å². The molecule has 0 aliphatic heterocycles. The van der Waals surface area contributed by atoms with E-state index in [0.29, 0.717) is 30.7 Å². The van der Waals surface area contributed by atoms with Gasteiger partial charge in [0.2, 0.25) is 11.8 Å². The van der Waals surface area contributed by atoms with E-state index in [1.165, 1.54) is 13.8 Å². The number of carbonyl (C=O) groups excluding carboxylic acids is 3. The van der Waals surface area contributed by atoms with Gasteiger partial charge >= 0.3 is 11.9 Å². The number of nitrogens with zero attached hydrogens (tertiary/aromatic N) is 1. The first kappa shape index (κ1) is 21.0. The van der Waals surface area contributed by atoms with E-state index in [0.717, 1.165) is 6.92 Å². The predicted molar refractivity (Wildman–Crippen MR) is 81.1 cm³/mol. The molecule has 0 radical (unpaired) electrons. The number of imide groups is 1. The highest BCUT2D eigenvalue weighted by atomic mass is 16.6. The molecule has 0 bridgehead atoms. The van der Waals surface area contributed by atoms with Crippen molar-refractivity contribution in [3.63, 3.8) is 0 Å². The first-order chi connectivity index (χ1) is 10.6. The Kier molecular flexibility index (Phi) is 9.04. The number of esters is 1. The van der Waals surface area contributed by atoms with Crippen molar-refractivity contribution in [3.05, 3.63) is 0 Å². The van der Waals surface area contributed by atoms with Crippen molar-refractivity contribution in [2.45, 2.75) is 58.2 Å². The maximum Gasteiger partial charge on any atom is 0.344 e. The number of hydrogen-bond donors (Lipinski definition) is 3. The van der Waals surface area contributed by atoms with Crippen LogP contribution >= 0.6 is 0 Å². The lowest BCUT2D eigenvalue weighted by Gasteiger charge is -2.27. The highest BCUT2D eigenvalue weighted by Crippen LogP contribution is 2.10. The summed E-state index contributed by atoms with van der Waals surface area (Å²) in [6.45, 7) is 4.04. The summed E-state index contributed by atoms with van der Waals surface area (Å²) in [4.78, 5) is 47.3. The van der Waals surface area contributed by atoms with Crippen LogP contribution in [0, 0.1) is 0 Å². The van der Waals surface area contributed by atoms with E-state index in [1.54, 1.807) is 0 Å². The van der Waals surface area contributed by atoms with E-state index < -0.39 is 41.9 Å². The molecule has 0 fully saturated rings. The second kappa shape index (κ2) is 9.90. The van der Waals surface area contributed by atoms with Crippen molar-refractivity contribution in [1.82, 2.24) is 4.90 Å². The minimum atomic E-state index is -1.38. The van der Waals surface area contributed by atoms with Crippen LogP contribution in [0.5, 0.6) is 0 Å². The van der Waals surface area contributed by atoms with Crippen molar-refractivity contribution in [3.8, 4) is 0 Å². The number of carboxylic acids is 1. The average Bonchev–Trinajstić information content (AvgIpc) is 2.46. The topological polar surface area (TPSA) is 153 Å². The van der Waals surface area contributed by atoms with Gasteiger partial charge in [0.25, 0.3) is 0 Å². The van der Waals surface area contributed by atoms with Crippen LogP contribution in [0.25, 0.3) is 0 Å². The molecule has 0 aliphatic carbocycles. The zero-order chi connectivity index (χ0) is 18.2. The van der Waals surface area contributed by atoms with Crippen molar-refractivity contribution >= 4 is 23.8 Å². The number of amides is 2. The van der Waals surface area contributed by atoms with E-state index in [9.17, 15) is 19.2 Å². The van der Waals surface area contributed by atoms with Crippen LogP contribution in [0.4, 0.5) is 0 Å². The van der Waals surface area contributed by atoms with Crippen LogP contribution in [0.15, 0.2) is 0 Å². The smallest absolute Gasteiger partial charge is 0.344 e. The Morgan fingerprint density at radius 2 is 1.74 bits per heavy atom. The molecular formula is C14H25N3O6. The van der Waals surface area contributed by atoms with E-state index >= 15 is 0 Å². The SMILES string of the molecule is CC(=O)N(C(=O)[C@@H](N)CCCCN)[C@H](C)C(=O)O[C@H](C)C(=O)O. The number of aliphatic carboxylic acids is 1. The lowest BCUT2D eigenvalue weighted by Crippen LogP contribution is -2.53. The maximum atomic E-state index is 12.3. The Balaban J connectivity index is 4.95. The van der Waals surface area contributed by atoms with Crippen molar-refractivity contribution in [2.24, 2.45) is 11.5 Å². The van der Waals surface area contributed by atoms with E-state index in [2.05, 4.69) is 0 Å². The zero-order valence-corrected chi connectivity index (χ0v) is 13.7. The van der Waals surface area contributed by atoms with Crippen LogP contribution in [-0.2, 0) is 23.9 Å². The second-order valence-electron chi connectivity index (χ2n) is 5.21. The first-order valence-corrected chi connectivity index (χ1v) is 7.36. The molecule has 2 amide bonds. The lowest BCUT2D eigenvalue weighted by atomic mass is 10.1. The van der Waals surface area contributed by atoms with Gasteiger partial charge in [-0.2, -0.15) is 0 Å². The Morgan fingerprint density at radius 1 is 1.17 bits per heavy atom. The molecule has 0 heterocycles. The predicted octanol–water partition coefficient (Wildman–Crippen LogP) is -0.777. The van der Waals surface area contributed by atoms with Gasteiger partial charge in [0, 0.05) is 6.92 Å². The van der Waals surface area contributed by atoms with Crippen molar-refractivity contribution in [2.75, 3.05) is 6.54 Å². The van der Waals surface area contributed by atoms with Gasteiger partial charge in [-0.05, 0) is 33.2 Å². The molecule has 0 unspecified atom stereocenters. The molecule has 0 saturated heterocycles. The van der Waals surface area contributed by atoms with Gasteiger partial charge < -0.3 is 21.3 Å². The van der Waals surface area contributed by atoms with Crippen LogP contribution < -0.4 is 11.5 Å². The third kappa shape index (κ3) is 6.74. The normalized spacial score (nSPS) is 14.5. The molecule has 132 valence electrons. The molecule has 0 aromatic rings. The summed E-state index contributed by atoms with van der Waals surface area (Å²) in [5, 5.41) is 8.72. The summed E-state index contributed by atoms with van der Waals surface area (Å²) in [6, 6.07) is -2.21. The third-order valence-electron chi connectivity index (χ3n) is 3.23. The standard InChI is InChI=1S/C14H25N3O6/c1-8(14(22)23-9(2)13(20)21)17(10(3)18)12(19)11(16)6-4-5-7-15/h8-9,11H,4-7,15-16H2,1-3H3,(H,20,21)/t8-,9-,11+/m1/s1. The largest absolute Gasteiger partial charge is 0.479 e. The lowest BCUT2D eigenvalue weighted by molar-refractivity contribution is -0.169. The van der Waals surface area contributed by atoms with Gasteiger partial charge in [0.1, 0.15) is 6.04 Å². The van der Waals surface area contributed by atoms with E-state index in [1.807, 2.05) is 0 Å². The Hall–Kier alpha value is -2.00. The summed E-state index contributed by atoms with van der Waals surface area (Å²) in [7, 11) is 0. The number of carbonyl (C=O) groups is 4. The number of rotatable bonds is 9. The fraction of sp³-hybridized carbons (Fsp3) is 0.714. The molecule has 3 atom stereocenters. The Bertz CT molecular complexity index is 454. The average molecular weight is 331 g/mol. The molecular weight excluding hydrogens is 306 g/mol. The molecule has 0 saturated carbocycles. The van der Waals surface area contributed by atoms with E-state index in [4.69, 9.17) is 21.3 Å². The van der Waals surface area contributed by atoms with E-state index in [-0.39, 0.29) is 0 Å². The monoisotopic (exact) mass is 331 g/mol. The Labute approximate surface area is 134 Å². The molecule has 0 aromatic carbocycles. The fourth-order valence-corrected chi connectivity index (χ4v) is 1.86. The quantitative estimate of drug-likeness (QED) is 0.367. The number of ether oxygens (including phenoxy) is 1. The third-order valence-corrected chi connectivity index (χ3v) is 3.23. The van der Waals surface area contributed by atoms with Crippen molar-refractivity contribution in [1.29, 1.82) is 0 Å². The first-order valence-electron chi connectivity index (χ1n) is 7.36. The summed E-state index contributed by atoms with van der Waals surface area (Å²) in [5.41, 5.74) is 11.1. The summed E-state index contributed by atoms with van der Waals surface area (Å²) >= 11 is 0. The minimum Gasteiger partial charge on any atom is -0.479 e. The second-order valence-corrected chi connectivity index (χ2v) is 5.21. The molecule has 23 heavy (non-hydrogen) atoms. The van der Waals surface area contributed by atoms with Gasteiger partial charge in [-0.1, -0.05) is 6.42 Å². The maximum absolute atomic E-state index is 12.3. The summed E-state index contributed by atoms with van der Waals surface area (Å²) in [5.74, 6) is -3.69. The number of hydrogen-bond acceptors (Lipinski definition) is 7. The highest BCUT2D eigenvalue weighted by Gasteiger charge is 2.34. The van der Waals surface area contributed by atoms with Crippen LogP contribution in [0.2, 0.25) is 0 Å². The molecule has 0 aromatic heterocycles. The Morgan fingerprint density at radius 3 is 2.17 bits per heavy atom. The number of nitrogens with two attached hydrogens (primary N) is 2. The molecule has 0 spiro atoms. The van der Waals surface area contributed by atoms with Gasteiger partial charge in [-0.3, -0.25) is 14.5 Å². The molecule has 0 rings (SSSR count). The minimum absolute atomic E-state index is 0.326. The van der Waals surface area contributed by atoms with Crippen LogP contribution in [-0.4, -0.2) is 58.5 Å². The van der Waals surface area contributed by atoms with Gasteiger partial charge in [0.15, 0.2) is 6.10 Å². The summed E-state index contributed by atoms with van der Waals surface area (Å²) < 4.78 is 4.69. The fourth-order valence-electron chi connectivity index (χ4n) is 1.86. The number of carboxylic acid groups (broad SMARTS) is 1. The zero-order valence-electron chi connectivity index (χ0n) is 13.7. The van der Waals surface area contributed by atoms with Gasteiger partial charge in [-0.25, -0.2) is 9.59 Å². The van der Waals surface area contributed by atoms with Gasteiger partial charge in [0.05, 0.1) is 6.04 Å². The molecule has 9 nitrogen and oxygen atoms in total.